The van der Waals surface area contributed by atoms with Gasteiger partial charge in [-0.05, 0) is 35.9 Å². The number of hydrogen-bond donors (Lipinski definition) is 1. The summed E-state index contributed by atoms with van der Waals surface area (Å²) in [5.41, 5.74) is 4.20. The third-order valence-electron chi connectivity index (χ3n) is 3.79. The normalized spacial score (nSPS) is 11.3. The molecule has 3 rings (SSSR count). The Morgan fingerprint density at radius 2 is 1.96 bits per heavy atom. The standard InChI is InChI=1S/C19H18N4O/c1-23(2)15-6-4-13(5-7-15)10-14(12-20)19-21-17-9-8-16(24-3)11-18(17)22-19/h4-11H,1-3H3,(H,21,22)/b14-10-. The van der Waals surface area contributed by atoms with Crippen LogP contribution < -0.4 is 9.64 Å². The summed E-state index contributed by atoms with van der Waals surface area (Å²) in [4.78, 5) is 9.71. The lowest BCUT2D eigenvalue weighted by molar-refractivity contribution is 0.415. The monoisotopic (exact) mass is 318 g/mol. The molecule has 24 heavy (non-hydrogen) atoms. The van der Waals surface area contributed by atoms with E-state index < -0.39 is 0 Å². The number of aromatic nitrogens is 2. The SMILES string of the molecule is COc1ccc2nc(/C(C#N)=C\c3ccc(N(C)C)cc3)[nH]c2c1. The smallest absolute Gasteiger partial charge is 0.149 e. The maximum Gasteiger partial charge on any atom is 0.149 e. The first-order chi connectivity index (χ1) is 11.6. The van der Waals surface area contributed by atoms with Gasteiger partial charge in [0.25, 0.3) is 0 Å². The number of H-pyrrole nitrogens is 1. The Morgan fingerprint density at radius 1 is 1.21 bits per heavy atom. The van der Waals surface area contributed by atoms with E-state index >= 15 is 0 Å². The summed E-state index contributed by atoms with van der Waals surface area (Å²) < 4.78 is 5.21. The van der Waals surface area contributed by atoms with Crippen LogP contribution in [0, 0.1) is 11.3 Å². The molecule has 0 unspecified atom stereocenters. The Balaban J connectivity index is 1.97. The molecule has 120 valence electrons. The second kappa shape index (κ2) is 6.47. The van der Waals surface area contributed by atoms with E-state index in [1.165, 1.54) is 0 Å². The molecular weight excluding hydrogens is 300 g/mol. The van der Waals surface area contributed by atoms with E-state index in [4.69, 9.17) is 4.74 Å². The number of aromatic amines is 1. The van der Waals surface area contributed by atoms with Crippen LogP contribution in [0.5, 0.6) is 5.75 Å². The van der Waals surface area contributed by atoms with Gasteiger partial charge in [0, 0.05) is 25.8 Å². The van der Waals surface area contributed by atoms with Crippen LogP contribution in [0.1, 0.15) is 11.4 Å². The van der Waals surface area contributed by atoms with Gasteiger partial charge in [0.05, 0.1) is 23.7 Å². The average molecular weight is 318 g/mol. The number of ether oxygens (including phenoxy) is 1. The molecule has 2 aromatic carbocycles. The summed E-state index contributed by atoms with van der Waals surface area (Å²) in [5, 5.41) is 9.50. The van der Waals surface area contributed by atoms with E-state index in [2.05, 4.69) is 16.0 Å². The van der Waals surface area contributed by atoms with E-state index in [1.807, 2.05) is 67.5 Å². The molecule has 0 atom stereocenters. The molecule has 0 amide bonds. The highest BCUT2D eigenvalue weighted by Crippen LogP contribution is 2.23. The molecule has 1 aromatic heterocycles. The number of fused-ring (bicyclic) bond motifs is 1. The molecule has 0 aliphatic heterocycles. The van der Waals surface area contributed by atoms with Crippen molar-refractivity contribution in [2.45, 2.75) is 0 Å². The van der Waals surface area contributed by atoms with Gasteiger partial charge < -0.3 is 14.6 Å². The van der Waals surface area contributed by atoms with Crippen LogP contribution in [-0.4, -0.2) is 31.2 Å². The van der Waals surface area contributed by atoms with E-state index in [0.29, 0.717) is 11.4 Å². The van der Waals surface area contributed by atoms with Gasteiger partial charge in [0.15, 0.2) is 0 Å². The van der Waals surface area contributed by atoms with Crippen LogP contribution >= 0.6 is 0 Å². The van der Waals surface area contributed by atoms with Crippen molar-refractivity contribution in [3.05, 3.63) is 53.9 Å². The van der Waals surface area contributed by atoms with Crippen molar-refractivity contribution in [1.29, 1.82) is 5.26 Å². The van der Waals surface area contributed by atoms with Gasteiger partial charge >= 0.3 is 0 Å². The minimum atomic E-state index is 0.489. The highest BCUT2D eigenvalue weighted by molar-refractivity contribution is 5.90. The van der Waals surface area contributed by atoms with Crippen molar-refractivity contribution in [2.75, 3.05) is 26.1 Å². The molecule has 0 radical (unpaired) electrons. The van der Waals surface area contributed by atoms with Crippen LogP contribution in [-0.2, 0) is 0 Å². The summed E-state index contributed by atoms with van der Waals surface area (Å²) in [6, 6.07) is 15.8. The summed E-state index contributed by atoms with van der Waals surface area (Å²) in [7, 11) is 5.61. The van der Waals surface area contributed by atoms with E-state index in [0.717, 1.165) is 28.0 Å². The maximum atomic E-state index is 9.50. The second-order valence-electron chi connectivity index (χ2n) is 5.62. The fraction of sp³-hybridized carbons (Fsp3) is 0.158. The number of anilines is 1. The summed E-state index contributed by atoms with van der Waals surface area (Å²) in [6.07, 6.45) is 1.83. The first-order valence-corrected chi connectivity index (χ1v) is 7.54. The van der Waals surface area contributed by atoms with Crippen molar-refractivity contribution in [2.24, 2.45) is 0 Å². The van der Waals surface area contributed by atoms with Gasteiger partial charge in [-0.1, -0.05) is 12.1 Å². The van der Waals surface area contributed by atoms with Crippen LogP contribution in [0.3, 0.4) is 0 Å². The van der Waals surface area contributed by atoms with Gasteiger partial charge in [0.2, 0.25) is 0 Å². The Labute approximate surface area is 140 Å². The molecule has 1 N–H and O–H groups in total. The Hall–Kier alpha value is -3.26. The lowest BCUT2D eigenvalue weighted by Gasteiger charge is -2.11. The van der Waals surface area contributed by atoms with E-state index in [-0.39, 0.29) is 0 Å². The molecule has 0 bridgehead atoms. The lowest BCUT2D eigenvalue weighted by atomic mass is 10.1. The third kappa shape index (κ3) is 3.08. The number of imidazole rings is 1. The Kier molecular flexibility index (Phi) is 4.21. The number of nitriles is 1. The zero-order chi connectivity index (χ0) is 17.1. The largest absolute Gasteiger partial charge is 0.497 e. The van der Waals surface area contributed by atoms with Crippen LogP contribution in [0.25, 0.3) is 22.7 Å². The highest BCUT2D eigenvalue weighted by Gasteiger charge is 2.09. The van der Waals surface area contributed by atoms with Crippen LogP contribution in [0.15, 0.2) is 42.5 Å². The molecule has 0 saturated carbocycles. The molecule has 0 saturated heterocycles. The number of nitrogens with one attached hydrogen (secondary N) is 1. The molecule has 3 aromatic rings. The highest BCUT2D eigenvalue weighted by atomic mass is 16.5. The predicted molar refractivity (Wildman–Crippen MR) is 96.9 cm³/mol. The summed E-state index contributed by atoms with van der Waals surface area (Å²) >= 11 is 0. The fourth-order valence-corrected chi connectivity index (χ4v) is 2.43. The third-order valence-corrected chi connectivity index (χ3v) is 3.79. The first kappa shape index (κ1) is 15.6. The quantitative estimate of drug-likeness (QED) is 0.745. The van der Waals surface area contributed by atoms with Gasteiger partial charge in [-0.15, -0.1) is 0 Å². The fourth-order valence-electron chi connectivity index (χ4n) is 2.43. The zero-order valence-electron chi connectivity index (χ0n) is 13.9. The first-order valence-electron chi connectivity index (χ1n) is 7.54. The molecule has 5 heteroatoms. The van der Waals surface area contributed by atoms with E-state index in [1.54, 1.807) is 7.11 Å². The Bertz CT molecular complexity index is 930. The van der Waals surface area contributed by atoms with Crippen molar-refractivity contribution >= 4 is 28.4 Å². The predicted octanol–water partition coefficient (Wildman–Crippen LogP) is 3.70. The average Bonchev–Trinajstić information content (AvgIpc) is 3.02. The van der Waals surface area contributed by atoms with Crippen molar-refractivity contribution < 1.29 is 4.74 Å². The number of hydrogen-bond acceptors (Lipinski definition) is 4. The van der Waals surface area contributed by atoms with E-state index in [9.17, 15) is 5.26 Å². The van der Waals surface area contributed by atoms with Gasteiger partial charge in [-0.2, -0.15) is 5.26 Å². The molecule has 5 nitrogen and oxygen atoms in total. The molecular formula is C19H18N4O. The summed E-state index contributed by atoms with van der Waals surface area (Å²) in [6.45, 7) is 0. The van der Waals surface area contributed by atoms with Gasteiger partial charge in [-0.3, -0.25) is 0 Å². The zero-order valence-corrected chi connectivity index (χ0v) is 13.9. The molecule has 0 spiro atoms. The molecule has 0 aliphatic carbocycles. The van der Waals surface area contributed by atoms with Gasteiger partial charge in [0.1, 0.15) is 17.6 Å². The summed E-state index contributed by atoms with van der Waals surface area (Å²) in [5.74, 6) is 1.30. The minimum Gasteiger partial charge on any atom is -0.497 e. The van der Waals surface area contributed by atoms with Crippen molar-refractivity contribution in [1.82, 2.24) is 9.97 Å². The Morgan fingerprint density at radius 3 is 2.58 bits per heavy atom. The van der Waals surface area contributed by atoms with Crippen molar-refractivity contribution in [3.8, 4) is 11.8 Å². The molecule has 1 heterocycles. The van der Waals surface area contributed by atoms with Gasteiger partial charge in [-0.25, -0.2) is 4.98 Å². The molecule has 0 fully saturated rings. The molecule has 0 aliphatic rings. The number of methoxy groups -OCH3 is 1. The number of allylic oxidation sites excluding steroid dienone is 1. The maximum absolute atomic E-state index is 9.50. The number of rotatable bonds is 4. The van der Waals surface area contributed by atoms with Crippen molar-refractivity contribution in [3.63, 3.8) is 0 Å². The number of benzene rings is 2. The van der Waals surface area contributed by atoms with Crippen LogP contribution in [0.4, 0.5) is 5.69 Å². The topological polar surface area (TPSA) is 64.9 Å². The minimum absolute atomic E-state index is 0.489. The lowest BCUT2D eigenvalue weighted by Crippen LogP contribution is -2.07. The second-order valence-corrected chi connectivity index (χ2v) is 5.62. The van der Waals surface area contributed by atoms with Crippen LogP contribution in [0.2, 0.25) is 0 Å². The number of nitrogens with zero attached hydrogens (tertiary/aromatic N) is 3.